The van der Waals surface area contributed by atoms with Crippen LogP contribution in [0.15, 0.2) is 12.3 Å². The Bertz CT molecular complexity index is 456. The van der Waals surface area contributed by atoms with Crippen LogP contribution >= 0.6 is 0 Å². The maximum absolute atomic E-state index is 4.65. The minimum absolute atomic E-state index is 0.727. The molecule has 0 saturated heterocycles. The molecule has 1 aliphatic rings. The van der Waals surface area contributed by atoms with E-state index < -0.39 is 0 Å². The van der Waals surface area contributed by atoms with Gasteiger partial charge in [0.05, 0.1) is 5.69 Å². The second-order valence-corrected chi connectivity index (χ2v) is 4.84. The molecule has 0 aromatic carbocycles. The van der Waals surface area contributed by atoms with Crippen LogP contribution in [0, 0.1) is 11.8 Å². The summed E-state index contributed by atoms with van der Waals surface area (Å²) in [5, 5.41) is 6.89. The lowest BCUT2D eigenvalue weighted by Gasteiger charge is -2.24. The van der Waals surface area contributed by atoms with E-state index in [-0.39, 0.29) is 0 Å². The molecule has 4 nitrogen and oxygen atoms in total. The number of imidazole rings is 1. The predicted molar refractivity (Wildman–Crippen MR) is 61.9 cm³/mol. The van der Waals surface area contributed by atoms with E-state index in [1.165, 1.54) is 11.4 Å². The van der Waals surface area contributed by atoms with E-state index in [4.69, 9.17) is 0 Å². The topological polar surface area (TPSA) is 57.4 Å². The normalized spacial score (nSPS) is 24.4. The fraction of sp³-hybridized carbons (Fsp3) is 0.500. The third-order valence-electron chi connectivity index (χ3n) is 3.63. The Balaban J connectivity index is 1.98. The number of H-pyrrole nitrogens is 2. The Morgan fingerprint density at radius 1 is 1.25 bits per heavy atom. The summed E-state index contributed by atoms with van der Waals surface area (Å²) >= 11 is 0. The molecule has 84 valence electrons. The van der Waals surface area contributed by atoms with Crippen molar-refractivity contribution in [2.45, 2.75) is 26.7 Å². The highest BCUT2D eigenvalue weighted by molar-refractivity contribution is 5.49. The average Bonchev–Trinajstić information content (AvgIpc) is 2.86. The number of nitrogens with one attached hydrogen (secondary N) is 2. The van der Waals surface area contributed by atoms with E-state index in [1.54, 1.807) is 6.20 Å². The van der Waals surface area contributed by atoms with Gasteiger partial charge in [-0.2, -0.15) is 5.10 Å². The molecule has 0 aliphatic heterocycles. The fourth-order valence-electron chi connectivity index (χ4n) is 2.33. The number of fused-ring (bicyclic) bond motifs is 1. The molecule has 2 aromatic heterocycles. The zero-order valence-electron chi connectivity index (χ0n) is 9.62. The van der Waals surface area contributed by atoms with Gasteiger partial charge < -0.3 is 4.98 Å². The number of aromatic amines is 2. The Kier molecular flexibility index (Phi) is 2.09. The summed E-state index contributed by atoms with van der Waals surface area (Å²) in [7, 11) is 0. The lowest BCUT2D eigenvalue weighted by molar-refractivity contribution is 0.355. The SMILES string of the molecule is CC1Cc2nc(-c3ccn[nH]3)[nH]c2CC1C. The van der Waals surface area contributed by atoms with Crippen LogP contribution in [0.3, 0.4) is 0 Å². The van der Waals surface area contributed by atoms with E-state index in [0.29, 0.717) is 0 Å². The van der Waals surface area contributed by atoms with Crippen LogP contribution in [0.1, 0.15) is 25.2 Å². The molecule has 3 rings (SSSR count). The second kappa shape index (κ2) is 3.47. The minimum atomic E-state index is 0.727. The summed E-state index contributed by atoms with van der Waals surface area (Å²) in [6, 6.07) is 1.94. The largest absolute Gasteiger partial charge is 0.340 e. The van der Waals surface area contributed by atoms with Crippen LogP contribution < -0.4 is 0 Å². The first-order valence-corrected chi connectivity index (χ1v) is 5.81. The molecule has 0 radical (unpaired) electrons. The van der Waals surface area contributed by atoms with Crippen LogP contribution in [0.4, 0.5) is 0 Å². The van der Waals surface area contributed by atoms with Gasteiger partial charge in [0.15, 0.2) is 5.82 Å². The molecule has 1 aliphatic carbocycles. The molecule has 4 heteroatoms. The van der Waals surface area contributed by atoms with Crippen molar-refractivity contribution in [2.24, 2.45) is 11.8 Å². The third kappa shape index (κ3) is 1.45. The molecular formula is C12H16N4. The quantitative estimate of drug-likeness (QED) is 0.767. The van der Waals surface area contributed by atoms with Crippen molar-refractivity contribution >= 4 is 0 Å². The van der Waals surface area contributed by atoms with Gasteiger partial charge in [-0.3, -0.25) is 5.10 Å². The molecular weight excluding hydrogens is 200 g/mol. The van der Waals surface area contributed by atoms with Crippen molar-refractivity contribution in [3.63, 3.8) is 0 Å². The summed E-state index contributed by atoms with van der Waals surface area (Å²) < 4.78 is 0. The number of hydrogen-bond donors (Lipinski definition) is 2. The lowest BCUT2D eigenvalue weighted by atomic mass is 9.82. The zero-order valence-corrected chi connectivity index (χ0v) is 9.62. The van der Waals surface area contributed by atoms with Gasteiger partial charge in [0.2, 0.25) is 0 Å². The Morgan fingerprint density at radius 2 is 2.06 bits per heavy atom. The van der Waals surface area contributed by atoms with Crippen LogP contribution in [0.5, 0.6) is 0 Å². The van der Waals surface area contributed by atoms with Crippen molar-refractivity contribution in [1.29, 1.82) is 0 Å². The molecule has 16 heavy (non-hydrogen) atoms. The van der Waals surface area contributed by atoms with Gasteiger partial charge in [0, 0.05) is 11.9 Å². The standard InChI is InChI=1S/C12H16N4/c1-7-5-10-11(6-8(7)2)15-12(14-10)9-3-4-13-16-9/h3-4,7-8H,5-6H2,1-2H3,(H,13,16)(H,14,15). The van der Waals surface area contributed by atoms with Crippen LogP contribution in [0.2, 0.25) is 0 Å². The molecule has 0 fully saturated rings. The fourth-order valence-corrected chi connectivity index (χ4v) is 2.33. The predicted octanol–water partition coefficient (Wildman–Crippen LogP) is 2.17. The molecule has 0 amide bonds. The highest BCUT2D eigenvalue weighted by Crippen LogP contribution is 2.29. The summed E-state index contributed by atoms with van der Waals surface area (Å²) in [5.41, 5.74) is 3.50. The summed E-state index contributed by atoms with van der Waals surface area (Å²) in [6.45, 7) is 4.61. The highest BCUT2D eigenvalue weighted by Gasteiger charge is 2.25. The first kappa shape index (κ1) is 9.63. The highest BCUT2D eigenvalue weighted by atomic mass is 15.1. The van der Waals surface area contributed by atoms with Gasteiger partial charge in [-0.05, 0) is 30.7 Å². The number of aromatic nitrogens is 4. The van der Waals surface area contributed by atoms with Crippen molar-refractivity contribution in [3.05, 3.63) is 23.7 Å². The lowest BCUT2D eigenvalue weighted by Crippen LogP contribution is -2.20. The van der Waals surface area contributed by atoms with Crippen LogP contribution in [0.25, 0.3) is 11.5 Å². The van der Waals surface area contributed by atoms with E-state index in [0.717, 1.165) is 36.2 Å². The second-order valence-electron chi connectivity index (χ2n) is 4.84. The van der Waals surface area contributed by atoms with Crippen LogP contribution in [-0.2, 0) is 12.8 Å². The van der Waals surface area contributed by atoms with E-state index in [1.807, 2.05) is 6.07 Å². The van der Waals surface area contributed by atoms with Gasteiger partial charge in [0.25, 0.3) is 0 Å². The molecule has 0 saturated carbocycles. The molecule has 0 bridgehead atoms. The maximum atomic E-state index is 4.65. The third-order valence-corrected chi connectivity index (χ3v) is 3.63. The smallest absolute Gasteiger partial charge is 0.155 e. The van der Waals surface area contributed by atoms with Crippen molar-refractivity contribution in [3.8, 4) is 11.5 Å². The number of nitrogens with zero attached hydrogens (tertiary/aromatic N) is 2. The summed E-state index contributed by atoms with van der Waals surface area (Å²) in [4.78, 5) is 8.06. The van der Waals surface area contributed by atoms with E-state index in [2.05, 4.69) is 34.0 Å². The van der Waals surface area contributed by atoms with Gasteiger partial charge >= 0.3 is 0 Å². The summed E-state index contributed by atoms with van der Waals surface area (Å²) in [5.74, 6) is 2.39. The first-order valence-electron chi connectivity index (χ1n) is 5.81. The molecule has 2 unspecified atom stereocenters. The first-order chi connectivity index (χ1) is 7.74. The maximum Gasteiger partial charge on any atom is 0.155 e. The van der Waals surface area contributed by atoms with Gasteiger partial charge in [-0.1, -0.05) is 13.8 Å². The average molecular weight is 216 g/mol. The zero-order chi connectivity index (χ0) is 11.1. The van der Waals surface area contributed by atoms with E-state index >= 15 is 0 Å². The van der Waals surface area contributed by atoms with Gasteiger partial charge in [0.1, 0.15) is 5.69 Å². The molecule has 2 N–H and O–H groups in total. The summed E-state index contributed by atoms with van der Waals surface area (Å²) in [6.07, 6.45) is 3.95. The number of rotatable bonds is 1. The Labute approximate surface area is 94.5 Å². The van der Waals surface area contributed by atoms with Crippen molar-refractivity contribution < 1.29 is 0 Å². The van der Waals surface area contributed by atoms with E-state index in [9.17, 15) is 0 Å². The minimum Gasteiger partial charge on any atom is -0.340 e. The molecule has 2 aromatic rings. The molecule has 0 spiro atoms. The Hall–Kier alpha value is -1.58. The van der Waals surface area contributed by atoms with Crippen LogP contribution in [-0.4, -0.2) is 20.2 Å². The van der Waals surface area contributed by atoms with Crippen molar-refractivity contribution in [2.75, 3.05) is 0 Å². The monoisotopic (exact) mass is 216 g/mol. The Morgan fingerprint density at radius 3 is 2.81 bits per heavy atom. The molecule has 2 atom stereocenters. The molecule has 2 heterocycles. The van der Waals surface area contributed by atoms with Gasteiger partial charge in [-0.15, -0.1) is 0 Å². The van der Waals surface area contributed by atoms with Gasteiger partial charge in [-0.25, -0.2) is 4.98 Å². The number of hydrogen-bond acceptors (Lipinski definition) is 2. The van der Waals surface area contributed by atoms with Crippen molar-refractivity contribution in [1.82, 2.24) is 20.2 Å².